The van der Waals surface area contributed by atoms with Gasteiger partial charge < -0.3 is 10.1 Å². The molecule has 2 heterocycles. The maximum Gasteiger partial charge on any atom is 0.345 e. The second kappa shape index (κ2) is 5.01. The molecule has 2 aromatic heterocycles. The number of nitrogens with zero attached hydrogens (tertiary/aromatic N) is 2. The predicted molar refractivity (Wildman–Crippen MR) is 69.1 cm³/mol. The van der Waals surface area contributed by atoms with Crippen LogP contribution in [0.4, 0.5) is 0 Å². The van der Waals surface area contributed by atoms with E-state index in [4.69, 9.17) is 0 Å². The van der Waals surface area contributed by atoms with Gasteiger partial charge in [-0.1, -0.05) is 19.9 Å². The molecule has 98 valence electrons. The fraction of sp³-hybridized carbons (Fsp3) is 0.231. The molecule has 0 aromatic carbocycles. The quantitative estimate of drug-likeness (QED) is 0.873. The van der Waals surface area contributed by atoms with Gasteiger partial charge in [0.1, 0.15) is 11.3 Å². The van der Waals surface area contributed by atoms with Gasteiger partial charge in [-0.05, 0) is 18.1 Å². The highest BCUT2D eigenvalue weighted by Crippen LogP contribution is 2.24. The first-order valence-electron chi connectivity index (χ1n) is 5.79. The third-order valence-corrected chi connectivity index (χ3v) is 2.66. The highest BCUT2D eigenvalue weighted by Gasteiger charge is 2.22. The van der Waals surface area contributed by atoms with Gasteiger partial charge in [-0.3, -0.25) is 4.98 Å². The minimum atomic E-state index is -1.13. The lowest BCUT2D eigenvalue weighted by atomic mass is 10.0. The summed E-state index contributed by atoms with van der Waals surface area (Å²) in [6.07, 6.45) is 1.53. The third-order valence-electron chi connectivity index (χ3n) is 2.66. The van der Waals surface area contributed by atoms with E-state index in [-0.39, 0.29) is 17.2 Å². The van der Waals surface area contributed by atoms with Crippen LogP contribution < -0.4 is 5.69 Å². The van der Waals surface area contributed by atoms with Crippen LogP contribution in [0.25, 0.3) is 11.4 Å². The van der Waals surface area contributed by atoms with Crippen LogP contribution in [0.5, 0.6) is 0 Å². The van der Waals surface area contributed by atoms with Gasteiger partial charge in [0, 0.05) is 11.9 Å². The summed E-state index contributed by atoms with van der Waals surface area (Å²) in [5.41, 5.74) is 0.240. The summed E-state index contributed by atoms with van der Waals surface area (Å²) < 4.78 is 0. The molecule has 6 heteroatoms. The minimum Gasteiger partial charge on any atom is -0.478 e. The molecule has 0 fully saturated rings. The van der Waals surface area contributed by atoms with Gasteiger partial charge in [-0.15, -0.1) is 0 Å². The first kappa shape index (κ1) is 12.9. The monoisotopic (exact) mass is 259 g/mol. The number of aromatic amines is 1. The van der Waals surface area contributed by atoms with Crippen molar-refractivity contribution in [2.75, 3.05) is 0 Å². The van der Waals surface area contributed by atoms with Crippen molar-refractivity contribution >= 4 is 5.97 Å². The zero-order valence-corrected chi connectivity index (χ0v) is 10.5. The normalized spacial score (nSPS) is 10.7. The summed E-state index contributed by atoms with van der Waals surface area (Å²) in [5.74, 6) is -1.27. The molecule has 0 spiro atoms. The van der Waals surface area contributed by atoms with E-state index in [1.807, 2.05) is 0 Å². The molecule has 2 aromatic rings. The van der Waals surface area contributed by atoms with Crippen LogP contribution in [-0.4, -0.2) is 26.0 Å². The molecule has 6 nitrogen and oxygen atoms in total. The predicted octanol–water partition coefficient (Wildman–Crippen LogP) is 1.65. The van der Waals surface area contributed by atoms with Crippen molar-refractivity contribution in [2.45, 2.75) is 19.8 Å². The average Bonchev–Trinajstić information content (AvgIpc) is 2.38. The first-order valence-corrected chi connectivity index (χ1v) is 5.79. The largest absolute Gasteiger partial charge is 0.478 e. The van der Waals surface area contributed by atoms with Crippen molar-refractivity contribution in [3.8, 4) is 11.4 Å². The highest BCUT2D eigenvalue weighted by molar-refractivity contribution is 5.95. The lowest BCUT2D eigenvalue weighted by molar-refractivity contribution is 0.0695. The molecule has 0 aliphatic carbocycles. The number of carbonyl (C=O) groups is 1. The van der Waals surface area contributed by atoms with Crippen LogP contribution in [0.15, 0.2) is 29.2 Å². The zero-order valence-electron chi connectivity index (χ0n) is 10.5. The van der Waals surface area contributed by atoms with Gasteiger partial charge in [0.15, 0.2) is 0 Å². The molecule has 0 aliphatic rings. The number of rotatable bonds is 3. The van der Waals surface area contributed by atoms with Crippen LogP contribution in [-0.2, 0) is 0 Å². The first-order chi connectivity index (χ1) is 9.00. The number of nitrogens with one attached hydrogen (secondary N) is 1. The number of hydrogen-bond donors (Lipinski definition) is 2. The Labute approximate surface area is 109 Å². The molecule has 0 bridgehead atoms. The summed E-state index contributed by atoms with van der Waals surface area (Å²) in [6, 6.07) is 5.05. The molecule has 0 aliphatic heterocycles. The Hall–Kier alpha value is -2.50. The van der Waals surface area contributed by atoms with Crippen LogP contribution >= 0.6 is 0 Å². The molecule has 0 atom stereocenters. The number of H-pyrrole nitrogens is 1. The number of aromatic carboxylic acids is 1. The lowest BCUT2D eigenvalue weighted by Gasteiger charge is -2.12. The number of pyridine rings is 1. The Morgan fingerprint density at radius 2 is 2.11 bits per heavy atom. The Morgan fingerprint density at radius 1 is 1.37 bits per heavy atom. The average molecular weight is 259 g/mol. The number of carboxylic acids is 1. The van der Waals surface area contributed by atoms with Crippen molar-refractivity contribution < 1.29 is 9.90 Å². The van der Waals surface area contributed by atoms with E-state index < -0.39 is 11.7 Å². The van der Waals surface area contributed by atoms with Crippen LogP contribution in [0.1, 0.15) is 35.8 Å². The topological polar surface area (TPSA) is 95.9 Å². The zero-order chi connectivity index (χ0) is 14.0. The number of aromatic nitrogens is 3. The van der Waals surface area contributed by atoms with E-state index in [1.165, 1.54) is 6.20 Å². The lowest BCUT2D eigenvalue weighted by Crippen LogP contribution is -2.21. The standard InChI is InChI=1S/C13H13N3O3/c1-7(2)10-9(12(17)18)11(16-13(19)15-10)8-5-3-4-6-14-8/h3-7H,1-2H3,(H,17,18)(H,15,16,19). The molecular weight excluding hydrogens is 246 g/mol. The summed E-state index contributed by atoms with van der Waals surface area (Å²) in [7, 11) is 0. The maximum absolute atomic E-state index is 11.6. The molecule has 2 N–H and O–H groups in total. The molecule has 0 amide bonds. The van der Waals surface area contributed by atoms with Crippen molar-refractivity contribution in [1.29, 1.82) is 0 Å². The second-order valence-electron chi connectivity index (χ2n) is 4.35. The molecule has 2 rings (SSSR count). The molecule has 19 heavy (non-hydrogen) atoms. The molecule has 0 saturated heterocycles. The third kappa shape index (κ3) is 2.52. The Morgan fingerprint density at radius 3 is 2.63 bits per heavy atom. The van der Waals surface area contributed by atoms with E-state index in [0.717, 1.165) is 0 Å². The van der Waals surface area contributed by atoms with Gasteiger partial charge >= 0.3 is 11.7 Å². The summed E-state index contributed by atoms with van der Waals surface area (Å²) in [4.78, 5) is 33.3. The van der Waals surface area contributed by atoms with Gasteiger partial charge in [0.2, 0.25) is 0 Å². The van der Waals surface area contributed by atoms with Crippen molar-refractivity contribution in [3.63, 3.8) is 0 Å². The Kier molecular flexibility index (Phi) is 3.41. The number of carboxylic acid groups (broad SMARTS) is 1. The van der Waals surface area contributed by atoms with Crippen molar-refractivity contribution in [3.05, 3.63) is 46.1 Å². The van der Waals surface area contributed by atoms with Gasteiger partial charge in [0.25, 0.3) is 0 Å². The highest BCUT2D eigenvalue weighted by atomic mass is 16.4. The van der Waals surface area contributed by atoms with E-state index >= 15 is 0 Å². The van der Waals surface area contributed by atoms with Crippen LogP contribution in [0.3, 0.4) is 0 Å². The summed E-state index contributed by atoms with van der Waals surface area (Å²) in [5, 5.41) is 9.36. The van der Waals surface area contributed by atoms with Crippen molar-refractivity contribution in [1.82, 2.24) is 15.0 Å². The SMILES string of the molecule is CC(C)c1[nH]c(=O)nc(-c2ccccn2)c1C(=O)O. The van der Waals surface area contributed by atoms with Crippen molar-refractivity contribution in [2.24, 2.45) is 0 Å². The van der Waals surface area contributed by atoms with Gasteiger partial charge in [-0.25, -0.2) is 9.59 Å². The maximum atomic E-state index is 11.6. The van der Waals surface area contributed by atoms with E-state index in [0.29, 0.717) is 11.4 Å². The van der Waals surface area contributed by atoms with Gasteiger partial charge in [0.05, 0.1) is 5.69 Å². The Balaban J connectivity index is 2.80. The summed E-state index contributed by atoms with van der Waals surface area (Å²) >= 11 is 0. The van der Waals surface area contributed by atoms with Crippen LogP contribution in [0.2, 0.25) is 0 Å². The molecular formula is C13H13N3O3. The molecule has 0 saturated carbocycles. The molecule has 0 radical (unpaired) electrons. The molecule has 0 unspecified atom stereocenters. The van der Waals surface area contributed by atoms with Gasteiger partial charge in [-0.2, -0.15) is 4.98 Å². The van der Waals surface area contributed by atoms with E-state index in [9.17, 15) is 14.7 Å². The smallest absolute Gasteiger partial charge is 0.345 e. The van der Waals surface area contributed by atoms with E-state index in [1.54, 1.807) is 32.0 Å². The minimum absolute atomic E-state index is 0.00620. The summed E-state index contributed by atoms with van der Waals surface area (Å²) in [6.45, 7) is 3.61. The second-order valence-corrected chi connectivity index (χ2v) is 4.35. The van der Waals surface area contributed by atoms with Crippen LogP contribution in [0, 0.1) is 0 Å². The Bertz CT molecular complexity index is 663. The fourth-order valence-corrected chi connectivity index (χ4v) is 1.83. The fourth-order valence-electron chi connectivity index (χ4n) is 1.83. The van der Waals surface area contributed by atoms with E-state index in [2.05, 4.69) is 15.0 Å². The number of hydrogen-bond acceptors (Lipinski definition) is 4.